The van der Waals surface area contributed by atoms with E-state index in [1.807, 2.05) is 0 Å². The van der Waals surface area contributed by atoms with E-state index in [-0.39, 0.29) is 11.9 Å². The smallest absolute Gasteiger partial charge is 0.120 e. The zero-order valence-electron chi connectivity index (χ0n) is 8.60. The Bertz CT molecular complexity index is 372. The average Bonchev–Trinajstić information content (AvgIpc) is 2.16. The van der Waals surface area contributed by atoms with Crippen molar-refractivity contribution in [1.82, 2.24) is 0 Å². The first-order valence-electron chi connectivity index (χ1n) is 4.89. The minimum Gasteiger partial charge on any atom is -0.508 e. The van der Waals surface area contributed by atoms with Crippen molar-refractivity contribution >= 4 is 0 Å². The van der Waals surface area contributed by atoms with Gasteiger partial charge in [-0.05, 0) is 31.0 Å². The SMILES string of the molecule is COc1ccc(O)c(C2(N)CC(O)C2)c1. The van der Waals surface area contributed by atoms with Crippen molar-refractivity contribution in [1.29, 1.82) is 0 Å². The van der Waals surface area contributed by atoms with Gasteiger partial charge in [0.15, 0.2) is 0 Å². The maximum atomic E-state index is 9.70. The lowest BCUT2D eigenvalue weighted by molar-refractivity contribution is 0.0198. The fraction of sp³-hybridized carbons (Fsp3) is 0.455. The summed E-state index contributed by atoms with van der Waals surface area (Å²) in [6, 6.07) is 4.96. The van der Waals surface area contributed by atoms with E-state index in [0.717, 1.165) is 0 Å². The van der Waals surface area contributed by atoms with Gasteiger partial charge in [0.05, 0.1) is 13.2 Å². The first-order valence-corrected chi connectivity index (χ1v) is 4.89. The lowest BCUT2D eigenvalue weighted by Crippen LogP contribution is -2.51. The molecule has 1 aromatic rings. The summed E-state index contributed by atoms with van der Waals surface area (Å²) in [7, 11) is 1.56. The maximum Gasteiger partial charge on any atom is 0.120 e. The van der Waals surface area contributed by atoms with Crippen LogP contribution in [0.3, 0.4) is 0 Å². The Balaban J connectivity index is 2.34. The van der Waals surface area contributed by atoms with Gasteiger partial charge in [0, 0.05) is 11.1 Å². The van der Waals surface area contributed by atoms with Crippen LogP contribution < -0.4 is 10.5 Å². The van der Waals surface area contributed by atoms with Crippen molar-refractivity contribution in [3.05, 3.63) is 23.8 Å². The van der Waals surface area contributed by atoms with Gasteiger partial charge in [-0.25, -0.2) is 0 Å². The molecule has 0 aliphatic heterocycles. The molecular formula is C11H15NO3. The predicted octanol–water partition coefficient (Wildman–Crippen LogP) is 0.710. The van der Waals surface area contributed by atoms with E-state index >= 15 is 0 Å². The summed E-state index contributed by atoms with van der Waals surface area (Å²) in [4.78, 5) is 0. The molecule has 0 saturated heterocycles. The van der Waals surface area contributed by atoms with E-state index in [2.05, 4.69) is 0 Å². The Morgan fingerprint density at radius 2 is 2.13 bits per heavy atom. The van der Waals surface area contributed by atoms with Gasteiger partial charge >= 0.3 is 0 Å². The van der Waals surface area contributed by atoms with Gasteiger partial charge in [-0.2, -0.15) is 0 Å². The summed E-state index contributed by atoms with van der Waals surface area (Å²) < 4.78 is 5.07. The normalized spacial score (nSPS) is 29.7. The molecule has 0 heterocycles. The summed E-state index contributed by atoms with van der Waals surface area (Å²) in [5, 5.41) is 19.0. The molecule has 0 bridgehead atoms. The predicted molar refractivity (Wildman–Crippen MR) is 55.8 cm³/mol. The van der Waals surface area contributed by atoms with Gasteiger partial charge in [0.25, 0.3) is 0 Å². The molecule has 0 radical (unpaired) electrons. The van der Waals surface area contributed by atoms with Crippen molar-refractivity contribution in [3.63, 3.8) is 0 Å². The molecule has 4 heteroatoms. The molecule has 4 N–H and O–H groups in total. The second kappa shape index (κ2) is 3.40. The lowest BCUT2D eigenvalue weighted by Gasteiger charge is -2.42. The number of aromatic hydroxyl groups is 1. The van der Waals surface area contributed by atoms with Crippen LogP contribution in [0.5, 0.6) is 11.5 Å². The zero-order chi connectivity index (χ0) is 11.1. The van der Waals surface area contributed by atoms with Crippen LogP contribution in [0.15, 0.2) is 18.2 Å². The first kappa shape index (κ1) is 10.3. The van der Waals surface area contributed by atoms with E-state index in [9.17, 15) is 10.2 Å². The number of phenolic OH excluding ortho intramolecular Hbond substituents is 1. The third kappa shape index (κ3) is 1.66. The van der Waals surface area contributed by atoms with Crippen LogP contribution in [0.25, 0.3) is 0 Å². The third-order valence-corrected chi connectivity index (χ3v) is 2.94. The minimum absolute atomic E-state index is 0.158. The number of phenols is 1. The van der Waals surface area contributed by atoms with Crippen molar-refractivity contribution < 1.29 is 14.9 Å². The Morgan fingerprint density at radius 1 is 1.47 bits per heavy atom. The standard InChI is InChI=1S/C11H15NO3/c1-15-8-2-3-10(14)9(4-8)11(12)5-7(13)6-11/h2-4,7,13-14H,5-6,12H2,1H3. The van der Waals surface area contributed by atoms with Crippen LogP contribution in [0.2, 0.25) is 0 Å². The van der Waals surface area contributed by atoms with Crippen LogP contribution in [0, 0.1) is 0 Å². The van der Waals surface area contributed by atoms with E-state index in [4.69, 9.17) is 10.5 Å². The molecule has 1 aliphatic rings. The van der Waals surface area contributed by atoms with E-state index in [1.165, 1.54) is 0 Å². The molecular weight excluding hydrogens is 194 g/mol. The third-order valence-electron chi connectivity index (χ3n) is 2.94. The summed E-state index contributed by atoms with van der Waals surface area (Å²) in [6.45, 7) is 0. The van der Waals surface area contributed by atoms with Gasteiger partial charge in [0.2, 0.25) is 0 Å². The molecule has 1 fully saturated rings. The largest absolute Gasteiger partial charge is 0.508 e. The van der Waals surface area contributed by atoms with E-state index in [0.29, 0.717) is 24.2 Å². The molecule has 0 amide bonds. The number of aliphatic hydroxyl groups is 1. The number of hydrogen-bond acceptors (Lipinski definition) is 4. The molecule has 4 nitrogen and oxygen atoms in total. The van der Waals surface area contributed by atoms with Crippen LogP contribution >= 0.6 is 0 Å². The molecule has 0 unspecified atom stereocenters. The van der Waals surface area contributed by atoms with Gasteiger partial charge in [-0.1, -0.05) is 0 Å². The monoisotopic (exact) mass is 209 g/mol. The molecule has 0 atom stereocenters. The number of aliphatic hydroxyl groups excluding tert-OH is 1. The molecule has 0 aromatic heterocycles. The van der Waals surface area contributed by atoms with Crippen LogP contribution in [-0.4, -0.2) is 23.4 Å². The van der Waals surface area contributed by atoms with Gasteiger partial charge < -0.3 is 20.7 Å². The molecule has 82 valence electrons. The highest BCUT2D eigenvalue weighted by Crippen LogP contribution is 2.43. The highest BCUT2D eigenvalue weighted by atomic mass is 16.5. The Kier molecular flexibility index (Phi) is 2.32. The summed E-state index contributed by atoms with van der Waals surface area (Å²) in [6.07, 6.45) is 0.599. The molecule has 2 rings (SSSR count). The lowest BCUT2D eigenvalue weighted by atomic mass is 9.70. The molecule has 15 heavy (non-hydrogen) atoms. The number of ether oxygens (including phenoxy) is 1. The first-order chi connectivity index (χ1) is 7.05. The van der Waals surface area contributed by atoms with Crippen molar-refractivity contribution in [2.24, 2.45) is 5.73 Å². The summed E-state index contributed by atoms with van der Waals surface area (Å²) >= 11 is 0. The van der Waals surface area contributed by atoms with Gasteiger partial charge in [-0.15, -0.1) is 0 Å². The number of hydrogen-bond donors (Lipinski definition) is 3. The average molecular weight is 209 g/mol. The zero-order valence-corrected chi connectivity index (χ0v) is 8.60. The molecule has 1 aliphatic carbocycles. The van der Waals surface area contributed by atoms with Gasteiger partial charge in [0.1, 0.15) is 11.5 Å². The molecule has 0 spiro atoms. The topological polar surface area (TPSA) is 75.7 Å². The number of nitrogens with two attached hydrogens (primary N) is 1. The van der Waals surface area contributed by atoms with Crippen LogP contribution in [0.4, 0.5) is 0 Å². The minimum atomic E-state index is -0.613. The fourth-order valence-electron chi connectivity index (χ4n) is 2.04. The second-order valence-electron chi connectivity index (χ2n) is 4.10. The maximum absolute atomic E-state index is 9.70. The number of rotatable bonds is 2. The second-order valence-corrected chi connectivity index (χ2v) is 4.10. The Labute approximate surface area is 88.3 Å². The van der Waals surface area contributed by atoms with Crippen molar-refractivity contribution in [2.45, 2.75) is 24.5 Å². The highest BCUT2D eigenvalue weighted by molar-refractivity contribution is 5.45. The van der Waals surface area contributed by atoms with Crippen molar-refractivity contribution in [3.8, 4) is 11.5 Å². The van der Waals surface area contributed by atoms with E-state index < -0.39 is 5.54 Å². The van der Waals surface area contributed by atoms with E-state index in [1.54, 1.807) is 25.3 Å². The Morgan fingerprint density at radius 3 is 2.67 bits per heavy atom. The Hall–Kier alpha value is -1.26. The number of benzene rings is 1. The fourth-order valence-corrected chi connectivity index (χ4v) is 2.04. The number of methoxy groups -OCH3 is 1. The quantitative estimate of drug-likeness (QED) is 0.670. The highest BCUT2D eigenvalue weighted by Gasteiger charge is 2.43. The van der Waals surface area contributed by atoms with Gasteiger partial charge in [-0.3, -0.25) is 0 Å². The van der Waals surface area contributed by atoms with Crippen molar-refractivity contribution in [2.75, 3.05) is 7.11 Å². The van der Waals surface area contributed by atoms with Crippen LogP contribution in [0.1, 0.15) is 18.4 Å². The summed E-state index contributed by atoms with van der Waals surface area (Å²) in [5.74, 6) is 0.819. The molecule has 1 saturated carbocycles. The summed E-state index contributed by atoms with van der Waals surface area (Å²) in [5.41, 5.74) is 6.10. The van der Waals surface area contributed by atoms with Crippen LogP contribution in [-0.2, 0) is 5.54 Å². The molecule has 1 aromatic carbocycles.